The van der Waals surface area contributed by atoms with Crippen molar-refractivity contribution >= 4 is 19.5 Å². The van der Waals surface area contributed by atoms with Gasteiger partial charge >= 0.3 is 13.6 Å². The van der Waals surface area contributed by atoms with Gasteiger partial charge in [-0.1, -0.05) is 0 Å². The molecule has 0 aromatic heterocycles. The first-order valence-electron chi connectivity index (χ1n) is 21.8. The van der Waals surface area contributed by atoms with Gasteiger partial charge in [0, 0.05) is 49.3 Å². The van der Waals surface area contributed by atoms with E-state index in [4.69, 9.17) is 41.1 Å². The zero-order valence-corrected chi connectivity index (χ0v) is 36.8. The molecular weight excluding hydrogens is 785 g/mol. The molecular formula is C46H64N3O10P. The third-order valence-corrected chi connectivity index (χ3v) is 14.8. The van der Waals surface area contributed by atoms with Gasteiger partial charge in [-0.3, -0.25) is 14.2 Å². The van der Waals surface area contributed by atoms with E-state index in [-0.39, 0.29) is 42.7 Å². The molecule has 14 heteroatoms. The van der Waals surface area contributed by atoms with E-state index >= 15 is 0 Å². The Balaban J connectivity index is 0.000000240. The van der Waals surface area contributed by atoms with Gasteiger partial charge in [0.15, 0.2) is 23.0 Å². The Hall–Kier alpha value is -4.29. The van der Waals surface area contributed by atoms with E-state index in [0.29, 0.717) is 87.6 Å². The third-order valence-electron chi connectivity index (χ3n) is 12.7. The van der Waals surface area contributed by atoms with Gasteiger partial charge in [0.05, 0.1) is 51.7 Å². The van der Waals surface area contributed by atoms with Crippen LogP contribution in [0.1, 0.15) is 128 Å². The van der Waals surface area contributed by atoms with Gasteiger partial charge in [-0.15, -0.1) is 0 Å². The lowest BCUT2D eigenvalue weighted by Crippen LogP contribution is -2.38. The van der Waals surface area contributed by atoms with Crippen LogP contribution in [0, 0.1) is 25.0 Å². The van der Waals surface area contributed by atoms with Crippen molar-refractivity contribution in [2.45, 2.75) is 140 Å². The minimum Gasteiger partial charge on any atom is -0.493 e. The number of amides is 1. The molecule has 2 N–H and O–H groups in total. The molecule has 0 aliphatic heterocycles. The van der Waals surface area contributed by atoms with Crippen LogP contribution in [0.3, 0.4) is 0 Å². The molecule has 0 saturated heterocycles. The van der Waals surface area contributed by atoms with E-state index in [1.807, 2.05) is 36.4 Å². The summed E-state index contributed by atoms with van der Waals surface area (Å²) in [6, 6.07) is 11.6. The smallest absolute Gasteiger partial charge is 0.332 e. The molecule has 4 fully saturated rings. The largest absolute Gasteiger partial charge is 0.493 e. The summed E-state index contributed by atoms with van der Waals surface area (Å²) >= 11 is 0. The Kier molecular flexibility index (Phi) is 17.1. The molecule has 0 unspecified atom stereocenters. The molecule has 4 aliphatic rings. The molecule has 60 heavy (non-hydrogen) atoms. The van der Waals surface area contributed by atoms with E-state index in [1.165, 1.54) is 25.7 Å². The molecule has 0 atom stereocenters. The number of ether oxygens (including phenoxy) is 4. The van der Waals surface area contributed by atoms with Crippen LogP contribution < -0.4 is 24.3 Å². The first-order chi connectivity index (χ1) is 29.0. The molecule has 0 spiro atoms. The minimum atomic E-state index is -3.18. The average molecular weight is 850 g/mol. The van der Waals surface area contributed by atoms with Crippen molar-refractivity contribution in [2.24, 2.45) is 11.8 Å². The van der Waals surface area contributed by atoms with E-state index < -0.39 is 24.6 Å². The highest BCUT2D eigenvalue weighted by molar-refractivity contribution is 7.53. The summed E-state index contributed by atoms with van der Waals surface area (Å²) in [6.45, 7) is 20.1. The monoisotopic (exact) mass is 849 g/mol. The van der Waals surface area contributed by atoms with Crippen LogP contribution >= 0.6 is 7.60 Å². The molecule has 0 heterocycles. The van der Waals surface area contributed by atoms with Gasteiger partial charge in [-0.05, 0) is 127 Å². The number of benzene rings is 2. The molecule has 1 amide bonds. The molecule has 6 rings (SSSR count). The number of hydrogen-bond acceptors (Lipinski definition) is 9. The highest BCUT2D eigenvalue weighted by Gasteiger charge is 2.46. The van der Waals surface area contributed by atoms with Crippen LogP contribution in [-0.2, 0) is 34.3 Å². The van der Waals surface area contributed by atoms with Gasteiger partial charge < -0.3 is 48.1 Å². The lowest BCUT2D eigenvalue weighted by Gasteiger charge is -2.31. The molecule has 0 bridgehead atoms. The summed E-state index contributed by atoms with van der Waals surface area (Å²) in [5.74, 6) is 1.46. The number of carbonyl (C=O) groups is 2. The number of nitrogens with one attached hydrogen (secondary N) is 1. The van der Waals surface area contributed by atoms with E-state index in [1.54, 1.807) is 28.1 Å². The fourth-order valence-electron chi connectivity index (χ4n) is 9.14. The maximum absolute atomic E-state index is 12.8. The number of aliphatic carboxylic acids is 1. The first-order valence-corrected chi connectivity index (χ1v) is 23.6. The second-order valence-electron chi connectivity index (χ2n) is 16.4. The topological polar surface area (TPSA) is 148 Å². The normalized spacial score (nSPS) is 24.6. The number of rotatable bonds is 17. The van der Waals surface area contributed by atoms with Gasteiger partial charge in [0.1, 0.15) is 0 Å². The van der Waals surface area contributed by atoms with Gasteiger partial charge in [-0.2, -0.15) is 0 Å². The molecule has 328 valence electrons. The highest BCUT2D eigenvalue weighted by Crippen LogP contribution is 2.49. The third kappa shape index (κ3) is 11.7. The molecule has 2 aromatic carbocycles. The van der Waals surface area contributed by atoms with Crippen molar-refractivity contribution in [1.29, 1.82) is 0 Å². The van der Waals surface area contributed by atoms with E-state index in [9.17, 15) is 19.3 Å². The number of methoxy groups -OCH3 is 2. The number of carbonyl (C=O) groups excluding carboxylic acids is 1. The fourth-order valence-corrected chi connectivity index (χ4v) is 10.6. The highest BCUT2D eigenvalue weighted by atomic mass is 31.2. The van der Waals surface area contributed by atoms with Crippen LogP contribution in [0.5, 0.6) is 23.0 Å². The van der Waals surface area contributed by atoms with Crippen LogP contribution in [0.25, 0.3) is 9.69 Å². The maximum Gasteiger partial charge on any atom is 0.332 e. The van der Waals surface area contributed by atoms with Crippen molar-refractivity contribution in [3.05, 3.63) is 70.4 Å². The number of nitrogens with zero attached hydrogens (tertiary/aromatic N) is 2. The van der Waals surface area contributed by atoms with Crippen LogP contribution in [0.2, 0.25) is 0 Å². The fraction of sp³-hybridized carbons (Fsp3) is 0.652. The van der Waals surface area contributed by atoms with Crippen LogP contribution in [0.15, 0.2) is 36.4 Å². The lowest BCUT2D eigenvalue weighted by molar-refractivity contribution is -0.143. The number of hydrogen-bond donors (Lipinski definition) is 2. The predicted octanol–water partition coefficient (Wildman–Crippen LogP) is 10.1. The Morgan fingerprint density at radius 1 is 0.700 bits per heavy atom. The van der Waals surface area contributed by atoms with Gasteiger partial charge in [0.2, 0.25) is 5.91 Å². The summed E-state index contributed by atoms with van der Waals surface area (Å²) in [7, 11) is 0.0749. The number of carboxylic acids is 1. The Labute approximate surface area is 356 Å². The molecule has 4 aliphatic carbocycles. The summed E-state index contributed by atoms with van der Waals surface area (Å²) in [4.78, 5) is 32.0. The van der Waals surface area contributed by atoms with Crippen LogP contribution in [-0.4, -0.2) is 69.3 Å². The average Bonchev–Trinajstić information content (AvgIpc) is 3.99. The Bertz CT molecular complexity index is 1850. The van der Waals surface area contributed by atoms with Crippen molar-refractivity contribution in [3.63, 3.8) is 0 Å². The standard InChI is InChI=1S/C26H39N2O6P.C20H25NO4/c1-5-32-35(30,33-6-2)18-17-28-25(29)20-13-15-26(27-3,16-14-20)21-11-12-23(31-4)24(19-21)34-22-9-7-8-10-22;1-21-20(11-9-14(10-12-20)19(22)23)15-7-8-17(24-2)18(13-15)25-16-5-3-4-6-16/h11-12,19-20,22H,5-10,13-18H2,1-2,4H3,(H,28,29);7-8,13-14,16H,3-6,9-12H2,2H3,(H,22,23). The van der Waals surface area contributed by atoms with Crippen molar-refractivity contribution in [3.8, 4) is 23.0 Å². The second-order valence-corrected chi connectivity index (χ2v) is 18.6. The molecule has 13 nitrogen and oxygen atoms in total. The molecule has 4 saturated carbocycles. The van der Waals surface area contributed by atoms with Crippen molar-refractivity contribution in [2.75, 3.05) is 40.1 Å². The zero-order valence-electron chi connectivity index (χ0n) is 35.9. The zero-order chi connectivity index (χ0) is 43.2. The number of carboxylic acid groups (broad SMARTS) is 1. The Morgan fingerprint density at radius 2 is 1.12 bits per heavy atom. The quantitative estimate of drug-likeness (QED) is 0.116. The van der Waals surface area contributed by atoms with E-state index in [2.05, 4.69) is 15.0 Å². The molecule has 0 radical (unpaired) electrons. The summed E-state index contributed by atoms with van der Waals surface area (Å²) in [5, 5.41) is 12.1. The first kappa shape index (κ1) is 46.8. The van der Waals surface area contributed by atoms with Gasteiger partial charge in [-0.25, -0.2) is 13.1 Å². The lowest BCUT2D eigenvalue weighted by atomic mass is 9.73. The summed E-state index contributed by atoms with van der Waals surface area (Å²) in [5.41, 5.74) is 0.525. The molecule has 2 aromatic rings. The van der Waals surface area contributed by atoms with E-state index in [0.717, 1.165) is 36.8 Å². The summed E-state index contributed by atoms with van der Waals surface area (Å²) < 4.78 is 46.5. The predicted molar refractivity (Wildman–Crippen MR) is 229 cm³/mol. The van der Waals surface area contributed by atoms with Crippen LogP contribution in [0.4, 0.5) is 0 Å². The summed E-state index contributed by atoms with van der Waals surface area (Å²) in [6.07, 6.45) is 14.2. The van der Waals surface area contributed by atoms with Gasteiger partial charge in [0.25, 0.3) is 11.1 Å². The van der Waals surface area contributed by atoms with Crippen molar-refractivity contribution in [1.82, 2.24) is 5.32 Å². The second kappa shape index (κ2) is 22.0. The maximum atomic E-state index is 12.8. The Morgan fingerprint density at radius 3 is 1.48 bits per heavy atom. The SMILES string of the molecule is [C-]#[N+]C1(c2ccc(OC)c(OC3CCCC3)c2)CCC(C(=O)NCCP(=O)(OCC)OCC)CC1.[C-]#[N+]C1(c2ccc(OC)c(OC3CCCC3)c2)CCC(C(=O)O)CC1. The van der Waals surface area contributed by atoms with Crippen molar-refractivity contribution < 1.29 is 47.3 Å². The minimum absolute atomic E-state index is 0.0666.